The smallest absolute Gasteiger partial charge is 0.171 e. The van der Waals surface area contributed by atoms with Crippen LogP contribution in [-0.2, 0) is 6.54 Å². The third kappa shape index (κ3) is 3.27. The number of halogens is 2. The van der Waals surface area contributed by atoms with Gasteiger partial charge in [0.2, 0.25) is 0 Å². The van der Waals surface area contributed by atoms with Gasteiger partial charge in [-0.3, -0.25) is 0 Å². The molecule has 2 N–H and O–H groups in total. The fourth-order valence-electron chi connectivity index (χ4n) is 1.34. The summed E-state index contributed by atoms with van der Waals surface area (Å²) in [5, 5.41) is 5.71. The van der Waals surface area contributed by atoms with Gasteiger partial charge in [-0.25, -0.2) is 8.78 Å². The van der Waals surface area contributed by atoms with Crippen molar-refractivity contribution in [3.8, 4) is 0 Å². The minimum atomic E-state index is -0.697. The van der Waals surface area contributed by atoms with Crippen molar-refractivity contribution in [1.29, 1.82) is 0 Å². The molecule has 0 aliphatic rings. The summed E-state index contributed by atoms with van der Waals surface area (Å²) in [6.45, 7) is 0.391. The average Bonchev–Trinajstić information content (AvgIpc) is 2.83. The number of rotatable bonds is 3. The lowest BCUT2D eigenvalue weighted by molar-refractivity contribution is 0.503. The molecule has 94 valence electrons. The molecule has 0 amide bonds. The largest absolute Gasteiger partial charge is 0.467 e. The van der Waals surface area contributed by atoms with E-state index in [0.29, 0.717) is 12.3 Å². The van der Waals surface area contributed by atoms with Crippen LogP contribution in [0, 0.1) is 11.6 Å². The second kappa shape index (κ2) is 5.59. The van der Waals surface area contributed by atoms with Gasteiger partial charge in [-0.2, -0.15) is 0 Å². The number of hydrogen-bond donors (Lipinski definition) is 2. The van der Waals surface area contributed by atoms with Gasteiger partial charge in [0.25, 0.3) is 0 Å². The van der Waals surface area contributed by atoms with Gasteiger partial charge in [-0.1, -0.05) is 0 Å². The SMILES string of the molecule is Fc1ccc(NC(=S)NCc2ccco2)c(F)c1. The lowest BCUT2D eigenvalue weighted by Crippen LogP contribution is -2.28. The van der Waals surface area contributed by atoms with Crippen LogP contribution in [0.3, 0.4) is 0 Å². The quantitative estimate of drug-likeness (QED) is 0.839. The second-order valence-corrected chi connectivity index (χ2v) is 3.92. The molecule has 0 radical (unpaired) electrons. The Morgan fingerprint density at radius 2 is 2.11 bits per heavy atom. The maximum absolute atomic E-state index is 13.3. The molecule has 2 rings (SSSR count). The van der Waals surface area contributed by atoms with Crippen molar-refractivity contribution in [2.45, 2.75) is 6.54 Å². The molecule has 18 heavy (non-hydrogen) atoms. The summed E-state index contributed by atoms with van der Waals surface area (Å²) in [5.74, 6) is -0.622. The number of benzene rings is 1. The Hall–Kier alpha value is -1.95. The summed E-state index contributed by atoms with van der Waals surface area (Å²) in [6, 6.07) is 6.77. The number of anilines is 1. The van der Waals surface area contributed by atoms with Crippen LogP contribution in [0.5, 0.6) is 0 Å². The van der Waals surface area contributed by atoms with Crippen LogP contribution >= 0.6 is 12.2 Å². The van der Waals surface area contributed by atoms with Crippen LogP contribution in [0.25, 0.3) is 0 Å². The molecule has 3 nitrogen and oxygen atoms in total. The monoisotopic (exact) mass is 268 g/mol. The predicted molar refractivity (Wildman–Crippen MR) is 68.1 cm³/mol. The Bertz CT molecular complexity index is 543. The molecule has 0 unspecified atom stereocenters. The molecule has 0 aliphatic carbocycles. The zero-order valence-corrected chi connectivity index (χ0v) is 10.1. The van der Waals surface area contributed by atoms with Gasteiger partial charge in [0, 0.05) is 6.07 Å². The van der Waals surface area contributed by atoms with E-state index < -0.39 is 11.6 Å². The zero-order chi connectivity index (χ0) is 13.0. The van der Waals surface area contributed by atoms with Crippen molar-refractivity contribution in [2.24, 2.45) is 0 Å². The number of nitrogens with one attached hydrogen (secondary N) is 2. The van der Waals surface area contributed by atoms with Crippen molar-refractivity contribution in [3.05, 3.63) is 54.0 Å². The highest BCUT2D eigenvalue weighted by Gasteiger charge is 2.05. The zero-order valence-electron chi connectivity index (χ0n) is 9.24. The Morgan fingerprint density at radius 3 is 2.78 bits per heavy atom. The fourth-order valence-corrected chi connectivity index (χ4v) is 1.52. The van der Waals surface area contributed by atoms with Gasteiger partial charge in [0.1, 0.15) is 17.4 Å². The summed E-state index contributed by atoms with van der Waals surface area (Å²) in [4.78, 5) is 0. The maximum atomic E-state index is 13.3. The summed E-state index contributed by atoms with van der Waals surface area (Å²) >= 11 is 4.98. The van der Waals surface area contributed by atoms with E-state index in [1.807, 2.05) is 0 Å². The van der Waals surface area contributed by atoms with E-state index in [1.54, 1.807) is 18.4 Å². The molecule has 0 fully saturated rings. The van der Waals surface area contributed by atoms with E-state index in [2.05, 4.69) is 10.6 Å². The Labute approximate surface area is 108 Å². The summed E-state index contributed by atoms with van der Waals surface area (Å²) in [5.41, 5.74) is 0.119. The first kappa shape index (κ1) is 12.5. The van der Waals surface area contributed by atoms with Crippen LogP contribution in [0.15, 0.2) is 41.0 Å². The van der Waals surface area contributed by atoms with Gasteiger partial charge in [-0.05, 0) is 36.5 Å². The van der Waals surface area contributed by atoms with E-state index >= 15 is 0 Å². The predicted octanol–water partition coefficient (Wildman–Crippen LogP) is 3.04. The first-order valence-corrected chi connectivity index (χ1v) is 5.58. The molecule has 0 bridgehead atoms. The van der Waals surface area contributed by atoms with Gasteiger partial charge in [0.15, 0.2) is 5.11 Å². The van der Waals surface area contributed by atoms with Gasteiger partial charge < -0.3 is 15.1 Å². The Morgan fingerprint density at radius 1 is 1.28 bits per heavy atom. The highest BCUT2D eigenvalue weighted by Crippen LogP contribution is 2.14. The normalized spacial score (nSPS) is 10.1. The molecule has 1 aromatic carbocycles. The van der Waals surface area contributed by atoms with Crippen molar-refractivity contribution >= 4 is 23.0 Å². The lowest BCUT2D eigenvalue weighted by Gasteiger charge is -2.10. The third-order valence-corrected chi connectivity index (χ3v) is 2.43. The molecule has 2 aromatic rings. The Balaban J connectivity index is 1.91. The van der Waals surface area contributed by atoms with E-state index in [4.69, 9.17) is 16.6 Å². The fraction of sp³-hybridized carbons (Fsp3) is 0.0833. The summed E-state index contributed by atoms with van der Waals surface area (Å²) in [7, 11) is 0. The molecule has 0 aliphatic heterocycles. The van der Waals surface area contributed by atoms with Crippen molar-refractivity contribution < 1.29 is 13.2 Å². The molecule has 0 atom stereocenters. The number of furan rings is 1. The topological polar surface area (TPSA) is 37.2 Å². The van der Waals surface area contributed by atoms with Crippen molar-refractivity contribution in [2.75, 3.05) is 5.32 Å². The molecule has 0 saturated carbocycles. The van der Waals surface area contributed by atoms with Crippen LogP contribution < -0.4 is 10.6 Å². The van der Waals surface area contributed by atoms with Crippen molar-refractivity contribution in [1.82, 2.24) is 5.32 Å². The summed E-state index contributed by atoms with van der Waals surface area (Å²) in [6.07, 6.45) is 1.55. The molecule has 0 saturated heterocycles. The lowest BCUT2D eigenvalue weighted by atomic mass is 10.3. The molecule has 0 spiro atoms. The van der Waals surface area contributed by atoms with Gasteiger partial charge in [0.05, 0.1) is 18.5 Å². The molecule has 1 heterocycles. The summed E-state index contributed by atoms with van der Waals surface area (Å²) < 4.78 is 31.1. The first-order chi connectivity index (χ1) is 8.65. The molecule has 1 aromatic heterocycles. The maximum Gasteiger partial charge on any atom is 0.171 e. The number of hydrogen-bond acceptors (Lipinski definition) is 2. The van der Waals surface area contributed by atoms with Crippen LogP contribution in [0.1, 0.15) is 5.76 Å². The van der Waals surface area contributed by atoms with E-state index in [1.165, 1.54) is 6.07 Å². The molecular formula is C12H10F2N2OS. The third-order valence-electron chi connectivity index (χ3n) is 2.18. The first-order valence-electron chi connectivity index (χ1n) is 5.17. The van der Waals surface area contributed by atoms with Gasteiger partial charge in [-0.15, -0.1) is 0 Å². The highest BCUT2D eigenvalue weighted by molar-refractivity contribution is 7.80. The Kier molecular flexibility index (Phi) is 3.88. The van der Waals surface area contributed by atoms with E-state index in [-0.39, 0.29) is 10.8 Å². The average molecular weight is 268 g/mol. The van der Waals surface area contributed by atoms with Crippen LogP contribution in [-0.4, -0.2) is 5.11 Å². The van der Waals surface area contributed by atoms with Crippen LogP contribution in [0.2, 0.25) is 0 Å². The minimum absolute atomic E-state index is 0.119. The minimum Gasteiger partial charge on any atom is -0.467 e. The standard InChI is InChI=1S/C12H10F2N2OS/c13-8-3-4-11(10(14)6-8)16-12(18)15-7-9-2-1-5-17-9/h1-6H,7H2,(H2,15,16,18). The number of thiocarbonyl (C=S) groups is 1. The second-order valence-electron chi connectivity index (χ2n) is 3.51. The molecular weight excluding hydrogens is 258 g/mol. The van der Waals surface area contributed by atoms with Crippen LogP contribution in [0.4, 0.5) is 14.5 Å². The molecule has 6 heteroatoms. The van der Waals surface area contributed by atoms with Gasteiger partial charge >= 0.3 is 0 Å². The van der Waals surface area contributed by atoms with E-state index in [9.17, 15) is 8.78 Å². The highest BCUT2D eigenvalue weighted by atomic mass is 32.1. The van der Waals surface area contributed by atoms with Crippen molar-refractivity contribution in [3.63, 3.8) is 0 Å². The van der Waals surface area contributed by atoms with E-state index in [0.717, 1.165) is 12.1 Å².